The second kappa shape index (κ2) is 8.02. The third-order valence-corrected chi connectivity index (χ3v) is 3.59. The number of amides is 1. The fourth-order valence-electron chi connectivity index (χ4n) is 1.91. The highest BCUT2D eigenvalue weighted by Gasteiger charge is 2.18. The molecular weight excluding hydrogens is 250 g/mol. The van der Waals surface area contributed by atoms with Gasteiger partial charge in [0.2, 0.25) is 5.91 Å². The Bertz CT molecular complexity index is 431. The molecule has 112 valence electrons. The number of nitrogens with one attached hydrogen (secondary N) is 1. The van der Waals surface area contributed by atoms with Crippen LogP contribution in [0, 0.1) is 5.92 Å². The third-order valence-electron chi connectivity index (χ3n) is 3.59. The molecule has 0 bridgehead atoms. The molecule has 1 rings (SSSR count). The van der Waals surface area contributed by atoms with E-state index in [1.54, 1.807) is 0 Å². The number of carbonyl (C=O) groups excluding carboxylic acids is 1. The standard InChI is InChI=1S/C16H27N3O/c1-12(2)9-10-19(4)13(3)16(20)18-15-8-6-5-7-14(15)11-17/h5-8,12-13H,9-11,17H2,1-4H3,(H,18,20). The maximum Gasteiger partial charge on any atom is 0.241 e. The normalized spacial score (nSPS) is 12.8. The van der Waals surface area contributed by atoms with E-state index >= 15 is 0 Å². The van der Waals surface area contributed by atoms with Gasteiger partial charge in [-0.3, -0.25) is 9.69 Å². The third kappa shape index (κ3) is 4.94. The summed E-state index contributed by atoms with van der Waals surface area (Å²) in [6, 6.07) is 7.50. The zero-order valence-electron chi connectivity index (χ0n) is 13.0. The molecule has 4 nitrogen and oxygen atoms in total. The quantitative estimate of drug-likeness (QED) is 0.805. The topological polar surface area (TPSA) is 58.4 Å². The first kappa shape index (κ1) is 16.7. The van der Waals surface area contributed by atoms with E-state index in [2.05, 4.69) is 24.1 Å². The Morgan fingerprint density at radius 2 is 1.95 bits per heavy atom. The molecule has 0 aliphatic heterocycles. The van der Waals surface area contributed by atoms with Gasteiger partial charge in [-0.2, -0.15) is 0 Å². The summed E-state index contributed by atoms with van der Waals surface area (Å²) in [7, 11) is 1.99. The molecule has 0 fully saturated rings. The highest BCUT2D eigenvalue weighted by molar-refractivity contribution is 5.95. The molecule has 0 saturated carbocycles. The second-order valence-corrected chi connectivity index (χ2v) is 5.69. The van der Waals surface area contributed by atoms with Crippen LogP contribution in [0.2, 0.25) is 0 Å². The average molecular weight is 277 g/mol. The van der Waals surface area contributed by atoms with Crippen molar-refractivity contribution >= 4 is 11.6 Å². The number of rotatable bonds is 7. The minimum atomic E-state index is -0.153. The Kier molecular flexibility index (Phi) is 6.68. The molecule has 0 aliphatic carbocycles. The van der Waals surface area contributed by atoms with Gasteiger partial charge in [0.1, 0.15) is 0 Å². The van der Waals surface area contributed by atoms with Gasteiger partial charge in [0.05, 0.1) is 6.04 Å². The predicted octanol–water partition coefficient (Wildman–Crippen LogP) is 2.45. The monoisotopic (exact) mass is 277 g/mol. The van der Waals surface area contributed by atoms with Crippen LogP contribution in [0.3, 0.4) is 0 Å². The summed E-state index contributed by atoms with van der Waals surface area (Å²) in [5.41, 5.74) is 7.45. The summed E-state index contributed by atoms with van der Waals surface area (Å²) in [4.78, 5) is 14.4. The van der Waals surface area contributed by atoms with Gasteiger partial charge in [0, 0.05) is 12.2 Å². The fraction of sp³-hybridized carbons (Fsp3) is 0.562. The molecular formula is C16H27N3O. The van der Waals surface area contributed by atoms with Crippen LogP contribution in [-0.2, 0) is 11.3 Å². The van der Waals surface area contributed by atoms with E-state index in [9.17, 15) is 4.79 Å². The number of nitrogens with two attached hydrogens (primary N) is 1. The smallest absolute Gasteiger partial charge is 0.241 e. The lowest BCUT2D eigenvalue weighted by molar-refractivity contribution is -0.120. The molecule has 20 heavy (non-hydrogen) atoms. The van der Waals surface area contributed by atoms with Crippen molar-refractivity contribution in [2.75, 3.05) is 18.9 Å². The summed E-state index contributed by atoms with van der Waals surface area (Å²) >= 11 is 0. The van der Waals surface area contributed by atoms with Crippen LogP contribution in [0.25, 0.3) is 0 Å². The number of para-hydroxylation sites is 1. The zero-order valence-corrected chi connectivity index (χ0v) is 13.0. The molecule has 0 heterocycles. The first-order chi connectivity index (χ1) is 9.45. The first-order valence-corrected chi connectivity index (χ1v) is 7.24. The van der Waals surface area contributed by atoms with Crippen molar-refractivity contribution < 1.29 is 4.79 Å². The fourth-order valence-corrected chi connectivity index (χ4v) is 1.91. The van der Waals surface area contributed by atoms with E-state index < -0.39 is 0 Å². The Hall–Kier alpha value is -1.39. The largest absolute Gasteiger partial charge is 0.326 e. The van der Waals surface area contributed by atoms with Gasteiger partial charge in [-0.15, -0.1) is 0 Å². The molecule has 1 aromatic carbocycles. The summed E-state index contributed by atoms with van der Waals surface area (Å²) in [6.45, 7) is 7.66. The molecule has 0 radical (unpaired) electrons. The number of benzene rings is 1. The van der Waals surface area contributed by atoms with Gasteiger partial charge >= 0.3 is 0 Å². The van der Waals surface area contributed by atoms with E-state index in [4.69, 9.17) is 5.73 Å². The van der Waals surface area contributed by atoms with E-state index in [1.165, 1.54) is 0 Å². The lowest BCUT2D eigenvalue weighted by Gasteiger charge is -2.25. The minimum absolute atomic E-state index is 0.0113. The molecule has 3 N–H and O–H groups in total. The summed E-state index contributed by atoms with van der Waals surface area (Å²) in [5.74, 6) is 0.655. The Balaban J connectivity index is 2.61. The number of carbonyl (C=O) groups is 1. The van der Waals surface area contributed by atoms with Gasteiger partial charge < -0.3 is 11.1 Å². The molecule has 1 atom stereocenters. The van der Waals surface area contributed by atoms with E-state index in [0.29, 0.717) is 12.5 Å². The van der Waals surface area contributed by atoms with E-state index in [1.807, 2.05) is 38.2 Å². The van der Waals surface area contributed by atoms with E-state index in [-0.39, 0.29) is 11.9 Å². The Morgan fingerprint density at radius 1 is 1.30 bits per heavy atom. The van der Waals surface area contributed by atoms with Crippen molar-refractivity contribution in [3.8, 4) is 0 Å². The molecule has 4 heteroatoms. The minimum Gasteiger partial charge on any atom is -0.326 e. The van der Waals surface area contributed by atoms with Gasteiger partial charge in [0.15, 0.2) is 0 Å². The SMILES string of the molecule is CC(C)CCN(C)C(C)C(=O)Nc1ccccc1CN. The molecule has 1 aromatic rings. The summed E-state index contributed by atoms with van der Waals surface area (Å²) in [6.07, 6.45) is 1.09. The van der Waals surface area contributed by atoms with Crippen LogP contribution < -0.4 is 11.1 Å². The van der Waals surface area contributed by atoms with E-state index in [0.717, 1.165) is 24.2 Å². The van der Waals surface area contributed by atoms with Gasteiger partial charge in [-0.25, -0.2) is 0 Å². The van der Waals surface area contributed by atoms with Crippen molar-refractivity contribution in [1.82, 2.24) is 4.90 Å². The number of hydrogen-bond donors (Lipinski definition) is 2. The zero-order chi connectivity index (χ0) is 15.1. The predicted molar refractivity (Wildman–Crippen MR) is 84.5 cm³/mol. The van der Waals surface area contributed by atoms with Crippen LogP contribution in [0.4, 0.5) is 5.69 Å². The van der Waals surface area contributed by atoms with Gasteiger partial charge in [-0.1, -0.05) is 32.0 Å². The number of anilines is 1. The van der Waals surface area contributed by atoms with Crippen molar-refractivity contribution in [2.24, 2.45) is 11.7 Å². The lowest BCUT2D eigenvalue weighted by Crippen LogP contribution is -2.40. The average Bonchev–Trinajstić information content (AvgIpc) is 2.44. The van der Waals surface area contributed by atoms with Crippen LogP contribution in [0.15, 0.2) is 24.3 Å². The van der Waals surface area contributed by atoms with Crippen molar-refractivity contribution in [3.63, 3.8) is 0 Å². The van der Waals surface area contributed by atoms with Crippen molar-refractivity contribution in [1.29, 1.82) is 0 Å². The maximum atomic E-state index is 12.3. The highest BCUT2D eigenvalue weighted by Crippen LogP contribution is 2.15. The molecule has 0 aromatic heterocycles. The number of nitrogens with zero attached hydrogens (tertiary/aromatic N) is 1. The van der Waals surface area contributed by atoms with Gasteiger partial charge in [-0.05, 0) is 44.5 Å². The number of likely N-dealkylation sites (N-methyl/N-ethyl adjacent to an activating group) is 1. The maximum absolute atomic E-state index is 12.3. The molecule has 0 saturated heterocycles. The van der Waals surface area contributed by atoms with Gasteiger partial charge in [0.25, 0.3) is 0 Å². The first-order valence-electron chi connectivity index (χ1n) is 7.24. The molecule has 1 unspecified atom stereocenters. The van der Waals surface area contributed by atoms with Crippen molar-refractivity contribution in [2.45, 2.75) is 39.8 Å². The van der Waals surface area contributed by atoms with Crippen LogP contribution in [0.5, 0.6) is 0 Å². The molecule has 0 aliphatic rings. The summed E-state index contributed by atoms with van der Waals surface area (Å²) in [5, 5.41) is 2.97. The Morgan fingerprint density at radius 3 is 2.55 bits per heavy atom. The molecule has 1 amide bonds. The Labute approximate surface area is 122 Å². The lowest BCUT2D eigenvalue weighted by atomic mass is 10.1. The molecule has 0 spiro atoms. The number of hydrogen-bond acceptors (Lipinski definition) is 3. The van der Waals surface area contributed by atoms with Crippen LogP contribution in [0.1, 0.15) is 32.8 Å². The van der Waals surface area contributed by atoms with Crippen LogP contribution >= 0.6 is 0 Å². The highest BCUT2D eigenvalue weighted by atomic mass is 16.2. The van der Waals surface area contributed by atoms with Crippen molar-refractivity contribution in [3.05, 3.63) is 29.8 Å². The second-order valence-electron chi connectivity index (χ2n) is 5.69. The summed E-state index contributed by atoms with van der Waals surface area (Å²) < 4.78 is 0. The van der Waals surface area contributed by atoms with Crippen LogP contribution in [-0.4, -0.2) is 30.4 Å².